The first-order valence-corrected chi connectivity index (χ1v) is 14.5. The maximum absolute atomic E-state index is 13.9. The van der Waals surface area contributed by atoms with Crippen LogP contribution in [0.4, 0.5) is 0 Å². The smallest absolute Gasteiger partial charge is 0.338 e. The topological polar surface area (TPSA) is 79.1 Å². The third-order valence-corrected chi connectivity index (χ3v) is 7.69. The molecule has 0 saturated heterocycles. The molecule has 9 heteroatoms. The highest BCUT2D eigenvalue weighted by Crippen LogP contribution is 2.31. The molecule has 7 nitrogen and oxygen atoms in total. The zero-order valence-corrected chi connectivity index (χ0v) is 24.5. The number of benzene rings is 3. The van der Waals surface area contributed by atoms with Gasteiger partial charge >= 0.3 is 5.97 Å². The summed E-state index contributed by atoms with van der Waals surface area (Å²) in [6, 6.07) is 21.8. The molecule has 0 saturated carbocycles. The van der Waals surface area contributed by atoms with Crippen LogP contribution in [0.5, 0.6) is 11.5 Å². The Morgan fingerprint density at radius 1 is 1.00 bits per heavy atom. The molecule has 3 aromatic carbocycles. The Morgan fingerprint density at radius 3 is 2.51 bits per heavy atom. The van der Waals surface area contributed by atoms with Crippen molar-refractivity contribution in [2.75, 3.05) is 13.2 Å². The van der Waals surface area contributed by atoms with Gasteiger partial charge in [0, 0.05) is 5.02 Å². The molecule has 41 heavy (non-hydrogen) atoms. The van der Waals surface area contributed by atoms with Crippen molar-refractivity contribution in [3.05, 3.63) is 125 Å². The summed E-state index contributed by atoms with van der Waals surface area (Å²) in [4.78, 5) is 32.1. The molecule has 0 amide bonds. The number of rotatable bonds is 9. The third kappa shape index (κ3) is 6.29. The first-order valence-electron chi connectivity index (χ1n) is 13.3. The van der Waals surface area contributed by atoms with Gasteiger partial charge in [0.15, 0.2) is 4.80 Å². The van der Waals surface area contributed by atoms with Crippen molar-refractivity contribution in [3.8, 4) is 11.5 Å². The van der Waals surface area contributed by atoms with E-state index in [0.29, 0.717) is 50.3 Å². The lowest BCUT2D eigenvalue weighted by atomic mass is 9.96. The molecule has 0 fully saturated rings. The Balaban J connectivity index is 1.53. The van der Waals surface area contributed by atoms with Crippen LogP contribution in [-0.2, 0) is 16.1 Å². The average molecular weight is 589 g/mol. The molecular weight excluding hydrogens is 560 g/mol. The van der Waals surface area contributed by atoms with Crippen molar-refractivity contribution in [2.24, 2.45) is 4.99 Å². The van der Waals surface area contributed by atoms with Gasteiger partial charge in [0.25, 0.3) is 5.56 Å². The summed E-state index contributed by atoms with van der Waals surface area (Å²) in [5.41, 5.74) is 3.14. The lowest BCUT2D eigenvalue weighted by Gasteiger charge is -2.24. The molecule has 4 aromatic rings. The number of fused-ring (bicyclic) bond motifs is 1. The van der Waals surface area contributed by atoms with Crippen LogP contribution in [0.25, 0.3) is 6.08 Å². The lowest BCUT2D eigenvalue weighted by Crippen LogP contribution is -2.39. The molecule has 1 aliphatic rings. The number of esters is 1. The van der Waals surface area contributed by atoms with Gasteiger partial charge in [-0.2, -0.15) is 0 Å². The highest BCUT2D eigenvalue weighted by Gasteiger charge is 2.33. The van der Waals surface area contributed by atoms with Crippen LogP contribution in [0.15, 0.2) is 93.9 Å². The Kier molecular flexibility index (Phi) is 8.71. The zero-order chi connectivity index (χ0) is 28.9. The van der Waals surface area contributed by atoms with Gasteiger partial charge < -0.3 is 14.2 Å². The van der Waals surface area contributed by atoms with E-state index in [4.69, 9.17) is 25.8 Å². The second-order valence-electron chi connectivity index (χ2n) is 9.30. The monoisotopic (exact) mass is 588 g/mol. The molecule has 0 spiro atoms. The average Bonchev–Trinajstić information content (AvgIpc) is 3.26. The molecule has 5 rings (SSSR count). The van der Waals surface area contributed by atoms with E-state index >= 15 is 0 Å². The van der Waals surface area contributed by atoms with Gasteiger partial charge in [-0.3, -0.25) is 9.36 Å². The van der Waals surface area contributed by atoms with Gasteiger partial charge in [-0.05, 0) is 79.9 Å². The normalized spacial score (nSPS) is 14.8. The van der Waals surface area contributed by atoms with Crippen LogP contribution < -0.4 is 24.4 Å². The Labute approximate surface area is 246 Å². The summed E-state index contributed by atoms with van der Waals surface area (Å²) in [6.07, 6.45) is 1.81. The highest BCUT2D eigenvalue weighted by atomic mass is 35.5. The molecule has 0 radical (unpaired) electrons. The summed E-state index contributed by atoms with van der Waals surface area (Å²) in [6.45, 7) is 6.55. The maximum Gasteiger partial charge on any atom is 0.338 e. The van der Waals surface area contributed by atoms with Crippen LogP contribution >= 0.6 is 22.9 Å². The van der Waals surface area contributed by atoms with Crippen molar-refractivity contribution in [2.45, 2.75) is 33.4 Å². The molecule has 0 unspecified atom stereocenters. The van der Waals surface area contributed by atoms with Gasteiger partial charge in [0.05, 0.1) is 35.1 Å². The summed E-state index contributed by atoms with van der Waals surface area (Å²) < 4.78 is 19.0. The number of nitrogens with zero attached hydrogens (tertiary/aromatic N) is 2. The predicted molar refractivity (Wildman–Crippen MR) is 160 cm³/mol. The number of thiazole rings is 1. The van der Waals surface area contributed by atoms with E-state index in [1.807, 2.05) is 85.8 Å². The first kappa shape index (κ1) is 28.4. The number of hydrogen-bond donors (Lipinski definition) is 0. The van der Waals surface area contributed by atoms with Gasteiger partial charge in [-0.25, -0.2) is 9.79 Å². The van der Waals surface area contributed by atoms with Crippen LogP contribution in [0.2, 0.25) is 5.02 Å². The second kappa shape index (κ2) is 12.6. The van der Waals surface area contributed by atoms with Crippen molar-refractivity contribution < 1.29 is 19.0 Å². The quantitative estimate of drug-likeness (QED) is 0.244. The number of halogens is 1. The van der Waals surface area contributed by atoms with Gasteiger partial charge in [0.1, 0.15) is 18.1 Å². The molecule has 1 aliphatic heterocycles. The van der Waals surface area contributed by atoms with Gasteiger partial charge in [-0.15, -0.1) is 0 Å². The molecular formula is C32H29ClN2O5S. The van der Waals surface area contributed by atoms with E-state index in [-0.39, 0.29) is 12.2 Å². The number of ether oxygens (including phenoxy) is 3. The van der Waals surface area contributed by atoms with Crippen LogP contribution in [0, 0.1) is 0 Å². The van der Waals surface area contributed by atoms with Gasteiger partial charge in [0.2, 0.25) is 0 Å². The second-order valence-corrected chi connectivity index (χ2v) is 10.7. The predicted octanol–water partition coefficient (Wildman–Crippen LogP) is 5.43. The molecule has 0 bridgehead atoms. The Hall–Kier alpha value is -4.14. The molecule has 1 atom stereocenters. The minimum atomic E-state index is -0.685. The molecule has 0 aliphatic carbocycles. The number of hydrogen-bond acceptors (Lipinski definition) is 7. The van der Waals surface area contributed by atoms with Crippen LogP contribution in [0.3, 0.4) is 0 Å². The fourth-order valence-corrected chi connectivity index (χ4v) is 5.92. The largest absolute Gasteiger partial charge is 0.494 e. The summed E-state index contributed by atoms with van der Waals surface area (Å²) in [5.74, 6) is 0.880. The minimum Gasteiger partial charge on any atom is -0.494 e. The molecule has 2 heterocycles. The van der Waals surface area contributed by atoms with Crippen molar-refractivity contribution in [1.82, 2.24) is 4.57 Å². The first-order chi connectivity index (χ1) is 19.9. The number of allylic oxidation sites excluding steroid dienone is 1. The SMILES string of the molecule is CCOC(=O)C1=C(C)N=c2s/c(=C\c3cccc(OCc4cccc(Cl)c4)c3)c(=O)n2[C@@H]1c1ccc(OCC)cc1. The van der Waals surface area contributed by atoms with Crippen LogP contribution in [0.1, 0.15) is 43.5 Å². The Morgan fingerprint density at radius 2 is 1.78 bits per heavy atom. The fraction of sp³-hybridized carbons (Fsp3) is 0.219. The van der Waals surface area contributed by atoms with E-state index in [1.54, 1.807) is 18.4 Å². The van der Waals surface area contributed by atoms with E-state index in [9.17, 15) is 9.59 Å². The highest BCUT2D eigenvalue weighted by molar-refractivity contribution is 7.07. The third-order valence-electron chi connectivity index (χ3n) is 6.47. The zero-order valence-electron chi connectivity index (χ0n) is 22.9. The van der Waals surface area contributed by atoms with Gasteiger partial charge in [-0.1, -0.05) is 59.3 Å². The van der Waals surface area contributed by atoms with E-state index in [0.717, 1.165) is 16.7 Å². The van der Waals surface area contributed by atoms with Crippen molar-refractivity contribution in [1.29, 1.82) is 0 Å². The summed E-state index contributed by atoms with van der Waals surface area (Å²) >= 11 is 7.36. The van der Waals surface area contributed by atoms with Crippen LogP contribution in [-0.4, -0.2) is 23.8 Å². The van der Waals surface area contributed by atoms with E-state index in [2.05, 4.69) is 4.99 Å². The number of carbonyl (C=O) groups is 1. The molecule has 0 N–H and O–H groups in total. The maximum atomic E-state index is 13.9. The standard InChI is InChI=1S/C32H29ClN2O5S/c1-4-38-25-14-12-23(13-15-25)29-28(31(37)39-5-2)20(3)34-32-35(29)30(36)27(41-32)18-21-8-7-11-26(17-21)40-19-22-9-6-10-24(33)16-22/h6-18,29H,4-5,19H2,1-3H3/b27-18-/t29-/m1/s1. The van der Waals surface area contributed by atoms with Crippen molar-refractivity contribution in [3.63, 3.8) is 0 Å². The number of carbonyl (C=O) groups excluding carboxylic acids is 1. The summed E-state index contributed by atoms with van der Waals surface area (Å²) in [7, 11) is 0. The Bertz CT molecular complexity index is 1790. The summed E-state index contributed by atoms with van der Waals surface area (Å²) in [5, 5.41) is 0.653. The molecule has 210 valence electrons. The lowest BCUT2D eigenvalue weighted by molar-refractivity contribution is -0.139. The minimum absolute atomic E-state index is 0.214. The van der Waals surface area contributed by atoms with E-state index in [1.165, 1.54) is 11.3 Å². The van der Waals surface area contributed by atoms with E-state index < -0.39 is 12.0 Å². The van der Waals surface area contributed by atoms with Crippen molar-refractivity contribution >= 4 is 35.0 Å². The molecule has 1 aromatic heterocycles. The fourth-order valence-electron chi connectivity index (χ4n) is 4.66. The number of aromatic nitrogens is 1.